The Morgan fingerprint density at radius 1 is 1.21 bits per heavy atom. The lowest BCUT2D eigenvalue weighted by atomic mass is 9.79. The highest BCUT2D eigenvalue weighted by atomic mass is 32.2. The van der Waals surface area contributed by atoms with Crippen LogP contribution in [0.4, 0.5) is 13.2 Å². The fraction of sp³-hybridized carbons (Fsp3) is 0.778. The molecule has 6 nitrogen and oxygen atoms in total. The Hall–Kier alpha value is -1.42. The van der Waals surface area contributed by atoms with Crippen molar-refractivity contribution in [1.29, 1.82) is 0 Å². The van der Waals surface area contributed by atoms with Crippen LogP contribution in [-0.2, 0) is 14.8 Å². The highest BCUT2D eigenvalue weighted by Crippen LogP contribution is 2.38. The zero-order valence-electron chi connectivity index (χ0n) is 15.7. The molecule has 0 aromatic heterocycles. The van der Waals surface area contributed by atoms with Crippen molar-refractivity contribution in [3.8, 4) is 0 Å². The van der Waals surface area contributed by atoms with Gasteiger partial charge in [-0.25, -0.2) is 8.42 Å². The quantitative estimate of drug-likeness (QED) is 0.741. The van der Waals surface area contributed by atoms with Crippen molar-refractivity contribution in [3.63, 3.8) is 0 Å². The van der Waals surface area contributed by atoms with Crippen LogP contribution in [0.3, 0.4) is 0 Å². The fourth-order valence-corrected chi connectivity index (χ4v) is 5.28. The third-order valence-electron chi connectivity index (χ3n) is 6.19. The topological polar surface area (TPSA) is 78.8 Å². The van der Waals surface area contributed by atoms with Crippen molar-refractivity contribution in [2.24, 2.45) is 16.8 Å². The molecule has 28 heavy (non-hydrogen) atoms. The first-order valence-electron chi connectivity index (χ1n) is 9.65. The Morgan fingerprint density at radius 3 is 2.36 bits per heavy atom. The van der Waals surface area contributed by atoms with E-state index < -0.39 is 28.2 Å². The van der Waals surface area contributed by atoms with Crippen molar-refractivity contribution in [2.75, 3.05) is 13.1 Å². The summed E-state index contributed by atoms with van der Waals surface area (Å²) in [5.41, 5.74) is -0.921. The number of rotatable bonds is 5. The van der Waals surface area contributed by atoms with Crippen LogP contribution in [0.1, 0.15) is 51.4 Å². The van der Waals surface area contributed by atoms with Gasteiger partial charge in [0.15, 0.2) is 0 Å². The van der Waals surface area contributed by atoms with E-state index in [-0.39, 0.29) is 37.3 Å². The molecule has 158 valence electrons. The minimum atomic E-state index is -4.11. The number of aliphatic imine (C=N–C) groups is 1. The number of nitrogens with one attached hydrogen (secondary N) is 1. The predicted octanol–water partition coefficient (Wildman–Crippen LogP) is 2.97. The van der Waals surface area contributed by atoms with E-state index in [1.54, 1.807) is 0 Å². The van der Waals surface area contributed by atoms with Gasteiger partial charge in [0.1, 0.15) is 11.4 Å². The first-order chi connectivity index (χ1) is 13.0. The summed E-state index contributed by atoms with van der Waals surface area (Å²) in [7, 11) is -3.50. The third kappa shape index (κ3) is 4.59. The van der Waals surface area contributed by atoms with Crippen molar-refractivity contribution in [3.05, 3.63) is 12.0 Å². The van der Waals surface area contributed by atoms with Gasteiger partial charge in [0, 0.05) is 30.8 Å². The van der Waals surface area contributed by atoms with Gasteiger partial charge in [0.2, 0.25) is 10.0 Å². The summed E-state index contributed by atoms with van der Waals surface area (Å²) in [5, 5.41) is 3.77. The number of halogens is 3. The SMILES string of the molecule is C=CS(=O)(=O)N1CCC2(CC1)N=C(C1CCC(CCC(F)(F)F)CC1)NC2=O. The smallest absolute Gasteiger partial charge is 0.312 e. The molecule has 1 N–H and O–H groups in total. The van der Waals surface area contributed by atoms with Crippen LogP contribution in [0.25, 0.3) is 0 Å². The van der Waals surface area contributed by atoms with Crippen molar-refractivity contribution in [2.45, 2.75) is 63.1 Å². The summed E-state index contributed by atoms with van der Waals surface area (Å²) in [4.78, 5) is 17.2. The van der Waals surface area contributed by atoms with E-state index >= 15 is 0 Å². The Kier molecular flexibility index (Phi) is 5.91. The molecule has 0 bridgehead atoms. The van der Waals surface area contributed by atoms with Crippen LogP contribution in [0, 0.1) is 11.8 Å². The number of sulfonamides is 1. The van der Waals surface area contributed by atoms with Gasteiger partial charge in [-0.3, -0.25) is 9.79 Å². The average molecular weight is 421 g/mol. The number of hydrogen-bond acceptors (Lipinski definition) is 4. The van der Waals surface area contributed by atoms with Crippen molar-refractivity contribution >= 4 is 21.8 Å². The highest BCUT2D eigenvalue weighted by molar-refractivity contribution is 7.92. The fourth-order valence-electron chi connectivity index (χ4n) is 4.38. The van der Waals surface area contributed by atoms with Crippen LogP contribution in [-0.4, -0.2) is 49.3 Å². The average Bonchev–Trinajstić information content (AvgIpc) is 2.96. The Labute approximate surface area is 163 Å². The largest absolute Gasteiger partial charge is 0.389 e. The molecule has 0 atom stereocenters. The summed E-state index contributed by atoms with van der Waals surface area (Å²) < 4.78 is 62.3. The van der Waals surface area contributed by atoms with Gasteiger partial charge in [0.05, 0.1) is 0 Å². The first kappa shape index (κ1) is 21.3. The van der Waals surface area contributed by atoms with Gasteiger partial charge < -0.3 is 5.32 Å². The lowest BCUT2D eigenvalue weighted by Gasteiger charge is -2.34. The molecule has 1 spiro atoms. The van der Waals surface area contributed by atoms with E-state index in [9.17, 15) is 26.4 Å². The molecule has 2 aliphatic heterocycles. The highest BCUT2D eigenvalue weighted by Gasteiger charge is 2.48. The van der Waals surface area contributed by atoms with Crippen molar-refractivity contribution in [1.82, 2.24) is 9.62 Å². The Balaban J connectivity index is 1.57. The minimum absolute atomic E-state index is 0.0559. The maximum absolute atomic E-state index is 12.6. The molecule has 2 heterocycles. The number of carbonyl (C=O) groups excluding carboxylic acids is 1. The van der Waals surface area contributed by atoms with Gasteiger partial charge in [-0.1, -0.05) is 6.58 Å². The second kappa shape index (κ2) is 7.78. The molecule has 10 heteroatoms. The van der Waals surface area contributed by atoms with Gasteiger partial charge in [-0.2, -0.15) is 17.5 Å². The predicted molar refractivity (Wildman–Crippen MR) is 99.0 cm³/mol. The number of carbonyl (C=O) groups is 1. The first-order valence-corrected chi connectivity index (χ1v) is 11.2. The summed E-state index contributed by atoms with van der Waals surface area (Å²) in [5.74, 6) is 0.550. The number of piperidine rings is 1. The Morgan fingerprint density at radius 2 is 1.82 bits per heavy atom. The lowest BCUT2D eigenvalue weighted by molar-refractivity contribution is -0.138. The van der Waals surface area contributed by atoms with Gasteiger partial charge >= 0.3 is 6.18 Å². The van der Waals surface area contributed by atoms with E-state index in [1.165, 1.54) is 4.31 Å². The number of alkyl halides is 3. The molecule has 1 aliphatic carbocycles. The molecule has 0 aromatic rings. The molecule has 1 saturated carbocycles. The molecular formula is C18H26F3N3O3S. The standard InChI is InChI=1S/C18H26F3N3O3S/c1-2-28(26,27)24-11-9-17(10-12-24)16(25)22-15(23-17)14-5-3-13(4-6-14)7-8-18(19,20)21/h2,13-14H,1,3-12H2,(H,22,23,25). The number of amidine groups is 1. The van der Waals surface area contributed by atoms with Crippen LogP contribution >= 0.6 is 0 Å². The van der Waals surface area contributed by atoms with Gasteiger partial charge in [0.25, 0.3) is 5.91 Å². The van der Waals surface area contributed by atoms with E-state index in [2.05, 4.69) is 16.9 Å². The normalized spacial score (nSPS) is 28.8. The molecule has 3 aliphatic rings. The van der Waals surface area contributed by atoms with E-state index in [1.807, 2.05) is 0 Å². The molecule has 1 amide bonds. The van der Waals surface area contributed by atoms with Crippen molar-refractivity contribution < 1.29 is 26.4 Å². The molecule has 0 aromatic carbocycles. The zero-order chi connectivity index (χ0) is 20.6. The number of amides is 1. The summed E-state index contributed by atoms with van der Waals surface area (Å²) >= 11 is 0. The molecule has 3 rings (SSSR count). The third-order valence-corrected chi connectivity index (χ3v) is 7.69. The summed E-state index contributed by atoms with van der Waals surface area (Å²) in [6.07, 6.45) is -1.22. The summed E-state index contributed by atoms with van der Waals surface area (Å²) in [6, 6.07) is 0. The van der Waals surface area contributed by atoms with Crippen LogP contribution < -0.4 is 5.32 Å². The van der Waals surface area contributed by atoms with E-state index in [0.29, 0.717) is 44.4 Å². The number of nitrogens with zero attached hydrogens (tertiary/aromatic N) is 2. The monoisotopic (exact) mass is 421 g/mol. The maximum atomic E-state index is 12.6. The second-order valence-corrected chi connectivity index (χ2v) is 9.84. The van der Waals surface area contributed by atoms with Gasteiger partial charge in [-0.05, 0) is 50.9 Å². The molecule has 2 fully saturated rings. The summed E-state index contributed by atoms with van der Waals surface area (Å²) in [6.45, 7) is 3.74. The minimum Gasteiger partial charge on any atom is -0.312 e. The second-order valence-electron chi connectivity index (χ2n) is 7.96. The van der Waals surface area contributed by atoms with E-state index in [0.717, 1.165) is 5.41 Å². The Bertz CT molecular complexity index is 748. The van der Waals surface area contributed by atoms with E-state index in [4.69, 9.17) is 0 Å². The van der Waals surface area contributed by atoms with Crippen LogP contribution in [0.15, 0.2) is 17.0 Å². The lowest BCUT2D eigenvalue weighted by Crippen LogP contribution is -2.50. The molecule has 0 unspecified atom stereocenters. The molecular weight excluding hydrogens is 395 g/mol. The molecule has 0 radical (unpaired) electrons. The van der Waals surface area contributed by atoms with Crippen LogP contribution in [0.2, 0.25) is 0 Å². The molecule has 1 saturated heterocycles. The van der Waals surface area contributed by atoms with Gasteiger partial charge in [-0.15, -0.1) is 0 Å². The maximum Gasteiger partial charge on any atom is 0.389 e. The number of hydrogen-bond donors (Lipinski definition) is 1. The zero-order valence-corrected chi connectivity index (χ0v) is 16.5. The van der Waals surface area contributed by atoms with Crippen LogP contribution in [0.5, 0.6) is 0 Å².